The van der Waals surface area contributed by atoms with Crippen LogP contribution in [0.3, 0.4) is 0 Å². The van der Waals surface area contributed by atoms with Gasteiger partial charge in [-0.3, -0.25) is 4.90 Å². The van der Waals surface area contributed by atoms with Crippen LogP contribution in [0.1, 0.15) is 0 Å². The summed E-state index contributed by atoms with van der Waals surface area (Å²) < 4.78 is 15.9. The number of aliphatic hydroxyl groups excluding tert-OH is 1. The molecular formula is C13H28N2O4. The van der Waals surface area contributed by atoms with Gasteiger partial charge in [-0.15, -0.1) is 0 Å². The van der Waals surface area contributed by atoms with Crippen molar-refractivity contribution in [2.45, 2.75) is 0 Å². The second-order valence-corrected chi connectivity index (χ2v) is 4.71. The molecule has 0 aliphatic carbocycles. The first-order chi connectivity index (χ1) is 9.33. The summed E-state index contributed by atoms with van der Waals surface area (Å²) >= 11 is 0. The minimum absolute atomic E-state index is 0.0649. The van der Waals surface area contributed by atoms with Crippen molar-refractivity contribution in [1.29, 1.82) is 0 Å². The highest BCUT2D eigenvalue weighted by Crippen LogP contribution is 1.98. The van der Waals surface area contributed by atoms with E-state index in [-0.39, 0.29) is 6.61 Å². The standard InChI is InChI=1S/C13H28N2O4/c1-14-2-4-15(5-3-14)6-8-17-10-12-19-13-11-18-9-7-16/h16H,2-13H2,1H3. The third kappa shape index (κ3) is 9.32. The van der Waals surface area contributed by atoms with Crippen molar-refractivity contribution in [3.63, 3.8) is 0 Å². The van der Waals surface area contributed by atoms with Gasteiger partial charge in [0.1, 0.15) is 0 Å². The molecule has 0 aromatic rings. The molecule has 19 heavy (non-hydrogen) atoms. The first kappa shape index (κ1) is 16.8. The second kappa shape index (κ2) is 11.6. The van der Waals surface area contributed by atoms with E-state index in [0.717, 1.165) is 39.3 Å². The Morgan fingerprint density at radius 3 is 1.89 bits per heavy atom. The Hall–Kier alpha value is -0.240. The molecule has 0 amide bonds. The third-order valence-corrected chi connectivity index (χ3v) is 3.13. The maximum Gasteiger partial charge on any atom is 0.0701 e. The van der Waals surface area contributed by atoms with Gasteiger partial charge in [0.15, 0.2) is 0 Å². The minimum Gasteiger partial charge on any atom is -0.394 e. The zero-order valence-electron chi connectivity index (χ0n) is 12.1. The van der Waals surface area contributed by atoms with Gasteiger partial charge in [0.2, 0.25) is 0 Å². The molecule has 1 N–H and O–H groups in total. The van der Waals surface area contributed by atoms with E-state index in [1.54, 1.807) is 0 Å². The summed E-state index contributed by atoms with van der Waals surface area (Å²) in [5.74, 6) is 0. The Labute approximate surface area is 116 Å². The molecule has 1 fully saturated rings. The van der Waals surface area contributed by atoms with Crippen LogP contribution in [-0.2, 0) is 14.2 Å². The van der Waals surface area contributed by atoms with Crippen molar-refractivity contribution < 1.29 is 19.3 Å². The van der Waals surface area contributed by atoms with Gasteiger partial charge in [0.05, 0.1) is 46.2 Å². The van der Waals surface area contributed by atoms with E-state index in [9.17, 15) is 0 Å². The summed E-state index contributed by atoms with van der Waals surface area (Å²) in [4.78, 5) is 4.79. The largest absolute Gasteiger partial charge is 0.394 e. The average Bonchev–Trinajstić information content (AvgIpc) is 2.43. The number of aliphatic hydroxyl groups is 1. The van der Waals surface area contributed by atoms with Crippen molar-refractivity contribution in [3.05, 3.63) is 0 Å². The number of hydrogen-bond donors (Lipinski definition) is 1. The molecule has 1 aliphatic rings. The predicted octanol–water partition coefficient (Wildman–Crippen LogP) is -0.724. The highest BCUT2D eigenvalue weighted by Gasteiger charge is 2.12. The fraction of sp³-hybridized carbons (Fsp3) is 1.00. The fourth-order valence-corrected chi connectivity index (χ4v) is 1.87. The molecule has 1 heterocycles. The second-order valence-electron chi connectivity index (χ2n) is 4.71. The van der Waals surface area contributed by atoms with Crippen LogP contribution in [0.5, 0.6) is 0 Å². The number of rotatable bonds is 11. The van der Waals surface area contributed by atoms with Gasteiger partial charge in [0, 0.05) is 32.7 Å². The van der Waals surface area contributed by atoms with E-state index < -0.39 is 0 Å². The van der Waals surface area contributed by atoms with E-state index >= 15 is 0 Å². The molecule has 1 aliphatic heterocycles. The molecule has 0 atom stereocenters. The van der Waals surface area contributed by atoms with Gasteiger partial charge in [-0.05, 0) is 7.05 Å². The molecule has 0 aromatic carbocycles. The lowest BCUT2D eigenvalue weighted by atomic mass is 10.3. The summed E-state index contributed by atoms with van der Waals surface area (Å²) in [5, 5.41) is 8.50. The van der Waals surface area contributed by atoms with E-state index in [1.807, 2.05) is 0 Å². The van der Waals surface area contributed by atoms with Gasteiger partial charge in [-0.1, -0.05) is 0 Å². The van der Waals surface area contributed by atoms with Crippen LogP contribution < -0.4 is 0 Å². The Kier molecular flexibility index (Phi) is 10.2. The van der Waals surface area contributed by atoms with Gasteiger partial charge < -0.3 is 24.2 Å². The predicted molar refractivity (Wildman–Crippen MR) is 73.5 cm³/mol. The lowest BCUT2D eigenvalue weighted by molar-refractivity contribution is 0.00300. The Bertz CT molecular complexity index is 199. The van der Waals surface area contributed by atoms with Gasteiger partial charge in [0.25, 0.3) is 0 Å². The normalized spacial score (nSPS) is 18.0. The molecule has 0 aromatic heterocycles. The molecule has 1 saturated heterocycles. The summed E-state index contributed by atoms with van der Waals surface area (Å²) in [7, 11) is 2.16. The van der Waals surface area contributed by atoms with Crippen LogP contribution in [0.25, 0.3) is 0 Å². The van der Waals surface area contributed by atoms with Crippen LogP contribution in [0.15, 0.2) is 0 Å². The van der Waals surface area contributed by atoms with Crippen LogP contribution >= 0.6 is 0 Å². The van der Waals surface area contributed by atoms with Crippen molar-refractivity contribution in [1.82, 2.24) is 9.80 Å². The number of likely N-dealkylation sites (N-methyl/N-ethyl adjacent to an activating group) is 1. The van der Waals surface area contributed by atoms with Crippen LogP contribution in [0.4, 0.5) is 0 Å². The monoisotopic (exact) mass is 276 g/mol. The molecule has 0 bridgehead atoms. The Morgan fingerprint density at radius 2 is 1.32 bits per heavy atom. The summed E-state index contributed by atoms with van der Waals surface area (Å²) in [6.45, 7) is 9.12. The molecule has 0 radical (unpaired) electrons. The van der Waals surface area contributed by atoms with Gasteiger partial charge in [-0.2, -0.15) is 0 Å². The number of hydrogen-bond acceptors (Lipinski definition) is 6. The zero-order chi connectivity index (χ0) is 13.8. The molecule has 6 nitrogen and oxygen atoms in total. The lowest BCUT2D eigenvalue weighted by Gasteiger charge is -2.32. The molecule has 0 spiro atoms. The smallest absolute Gasteiger partial charge is 0.0701 e. The highest BCUT2D eigenvalue weighted by atomic mass is 16.5. The molecule has 6 heteroatoms. The number of nitrogens with zero attached hydrogens (tertiary/aromatic N) is 2. The average molecular weight is 276 g/mol. The van der Waals surface area contributed by atoms with E-state index in [1.165, 1.54) is 0 Å². The quantitative estimate of drug-likeness (QED) is 0.503. The number of ether oxygens (including phenoxy) is 3. The molecule has 0 saturated carbocycles. The highest BCUT2D eigenvalue weighted by molar-refractivity contribution is 4.68. The van der Waals surface area contributed by atoms with Gasteiger partial charge >= 0.3 is 0 Å². The Balaban J connectivity index is 1.76. The minimum atomic E-state index is 0.0649. The van der Waals surface area contributed by atoms with Crippen LogP contribution in [0, 0.1) is 0 Å². The zero-order valence-corrected chi connectivity index (χ0v) is 12.1. The Morgan fingerprint density at radius 1 is 0.789 bits per heavy atom. The summed E-state index contributed by atoms with van der Waals surface area (Å²) in [6.07, 6.45) is 0. The first-order valence-corrected chi connectivity index (χ1v) is 7.08. The molecular weight excluding hydrogens is 248 g/mol. The molecule has 1 rings (SSSR count). The summed E-state index contributed by atoms with van der Waals surface area (Å²) in [5.41, 5.74) is 0. The van der Waals surface area contributed by atoms with Crippen molar-refractivity contribution in [3.8, 4) is 0 Å². The maximum absolute atomic E-state index is 8.50. The first-order valence-electron chi connectivity index (χ1n) is 7.08. The maximum atomic E-state index is 8.50. The SMILES string of the molecule is CN1CCN(CCOCCOCCOCCO)CC1. The molecule has 114 valence electrons. The topological polar surface area (TPSA) is 54.4 Å². The third-order valence-electron chi connectivity index (χ3n) is 3.13. The van der Waals surface area contributed by atoms with Crippen molar-refractivity contribution in [2.24, 2.45) is 0 Å². The van der Waals surface area contributed by atoms with Crippen LogP contribution in [0.2, 0.25) is 0 Å². The van der Waals surface area contributed by atoms with Gasteiger partial charge in [-0.25, -0.2) is 0 Å². The van der Waals surface area contributed by atoms with E-state index in [2.05, 4.69) is 16.8 Å². The van der Waals surface area contributed by atoms with E-state index in [0.29, 0.717) is 33.0 Å². The van der Waals surface area contributed by atoms with E-state index in [4.69, 9.17) is 19.3 Å². The van der Waals surface area contributed by atoms with Crippen molar-refractivity contribution in [2.75, 3.05) is 86.0 Å². The fourth-order valence-electron chi connectivity index (χ4n) is 1.87. The summed E-state index contributed by atoms with van der Waals surface area (Å²) in [6, 6.07) is 0. The molecule has 0 unspecified atom stereocenters. The van der Waals surface area contributed by atoms with Crippen LogP contribution in [-0.4, -0.2) is 101 Å². The number of piperazine rings is 1. The lowest BCUT2D eigenvalue weighted by Crippen LogP contribution is -2.45. The van der Waals surface area contributed by atoms with Crippen molar-refractivity contribution >= 4 is 0 Å².